The van der Waals surface area contributed by atoms with Crippen LogP contribution in [-0.2, 0) is 4.79 Å². The van der Waals surface area contributed by atoms with E-state index in [0.717, 1.165) is 38.5 Å². The van der Waals surface area contributed by atoms with Crippen LogP contribution in [0.15, 0.2) is 0 Å². The lowest BCUT2D eigenvalue weighted by Gasteiger charge is -2.27. The predicted octanol–water partition coefficient (Wildman–Crippen LogP) is 2.23. The Morgan fingerprint density at radius 2 is 1.88 bits per heavy atom. The first-order chi connectivity index (χ1) is 8.12. The molecule has 2 N–H and O–H groups in total. The molecule has 0 aliphatic heterocycles. The second kappa shape index (κ2) is 5.38. The molecule has 2 saturated carbocycles. The third-order valence-corrected chi connectivity index (χ3v) is 4.39. The molecule has 1 unspecified atom stereocenters. The molecule has 1 amide bonds. The van der Waals surface area contributed by atoms with Crippen molar-refractivity contribution in [3.05, 3.63) is 0 Å². The van der Waals surface area contributed by atoms with Crippen LogP contribution in [0.1, 0.15) is 58.3 Å². The smallest absolute Gasteiger partial charge is 0.226 e. The second-order valence-corrected chi connectivity index (χ2v) is 6.09. The number of hydrogen-bond acceptors (Lipinski definition) is 2. The van der Waals surface area contributed by atoms with Gasteiger partial charge in [0.25, 0.3) is 0 Å². The van der Waals surface area contributed by atoms with Gasteiger partial charge in [-0.15, -0.1) is 0 Å². The Kier molecular flexibility index (Phi) is 4.08. The van der Waals surface area contributed by atoms with E-state index in [-0.39, 0.29) is 17.4 Å². The summed E-state index contributed by atoms with van der Waals surface area (Å²) in [4.78, 5) is 12.2. The molecule has 1 atom stereocenters. The van der Waals surface area contributed by atoms with Crippen LogP contribution in [-0.4, -0.2) is 23.7 Å². The minimum absolute atomic E-state index is 0.152. The standard InChI is InChI=1S/C14H25NO2/c1-14(8-4-2-3-5-9-14)13(17)15-10-12(16)11-6-7-11/h11-12,16H,2-10H2,1H3,(H,15,17). The van der Waals surface area contributed by atoms with E-state index in [1.165, 1.54) is 12.8 Å². The minimum atomic E-state index is -0.326. The molecule has 2 aliphatic rings. The van der Waals surface area contributed by atoms with Crippen molar-refractivity contribution in [2.45, 2.75) is 64.4 Å². The van der Waals surface area contributed by atoms with E-state index in [1.807, 2.05) is 0 Å². The summed E-state index contributed by atoms with van der Waals surface area (Å²) < 4.78 is 0. The molecular weight excluding hydrogens is 214 g/mol. The van der Waals surface area contributed by atoms with Crippen molar-refractivity contribution in [2.75, 3.05) is 6.54 Å². The number of amides is 1. The number of rotatable bonds is 4. The van der Waals surface area contributed by atoms with E-state index >= 15 is 0 Å². The molecule has 17 heavy (non-hydrogen) atoms. The van der Waals surface area contributed by atoms with Gasteiger partial charge in [-0.2, -0.15) is 0 Å². The molecule has 98 valence electrons. The molecule has 2 rings (SSSR count). The van der Waals surface area contributed by atoms with Crippen LogP contribution >= 0.6 is 0 Å². The molecule has 0 radical (unpaired) electrons. The summed E-state index contributed by atoms with van der Waals surface area (Å²) in [5.41, 5.74) is -0.195. The lowest BCUT2D eigenvalue weighted by Crippen LogP contribution is -2.42. The topological polar surface area (TPSA) is 49.3 Å². The number of aliphatic hydroxyl groups is 1. The van der Waals surface area contributed by atoms with E-state index < -0.39 is 0 Å². The average molecular weight is 239 g/mol. The summed E-state index contributed by atoms with van der Waals surface area (Å²) in [6, 6.07) is 0. The number of carbonyl (C=O) groups is 1. The molecule has 3 heteroatoms. The fraction of sp³-hybridized carbons (Fsp3) is 0.929. The lowest BCUT2D eigenvalue weighted by molar-refractivity contribution is -0.131. The normalized spacial score (nSPS) is 26.0. The molecule has 0 bridgehead atoms. The van der Waals surface area contributed by atoms with Gasteiger partial charge in [-0.05, 0) is 31.6 Å². The minimum Gasteiger partial charge on any atom is -0.391 e. The van der Waals surface area contributed by atoms with E-state index in [0.29, 0.717) is 12.5 Å². The van der Waals surface area contributed by atoms with Gasteiger partial charge in [0.05, 0.1) is 6.10 Å². The summed E-state index contributed by atoms with van der Waals surface area (Å²) in [6.45, 7) is 2.52. The molecule has 2 aliphatic carbocycles. The Morgan fingerprint density at radius 3 is 2.41 bits per heavy atom. The maximum atomic E-state index is 12.2. The first-order valence-electron chi connectivity index (χ1n) is 7.08. The van der Waals surface area contributed by atoms with E-state index in [2.05, 4.69) is 12.2 Å². The molecular formula is C14H25NO2. The fourth-order valence-corrected chi connectivity index (χ4v) is 2.79. The van der Waals surface area contributed by atoms with Gasteiger partial charge in [0.2, 0.25) is 5.91 Å². The number of carbonyl (C=O) groups excluding carboxylic acids is 1. The van der Waals surface area contributed by atoms with Crippen molar-refractivity contribution >= 4 is 5.91 Å². The highest BCUT2D eigenvalue weighted by molar-refractivity contribution is 5.82. The monoisotopic (exact) mass is 239 g/mol. The highest BCUT2D eigenvalue weighted by Crippen LogP contribution is 2.35. The average Bonchev–Trinajstić information content (AvgIpc) is 3.12. The Labute approximate surface area is 104 Å². The summed E-state index contributed by atoms with van der Waals surface area (Å²) >= 11 is 0. The van der Waals surface area contributed by atoms with Gasteiger partial charge in [0.15, 0.2) is 0 Å². The van der Waals surface area contributed by atoms with Crippen molar-refractivity contribution in [1.82, 2.24) is 5.32 Å². The first-order valence-corrected chi connectivity index (χ1v) is 7.08. The summed E-state index contributed by atoms with van der Waals surface area (Å²) in [5.74, 6) is 0.594. The second-order valence-electron chi connectivity index (χ2n) is 6.09. The molecule has 0 heterocycles. The van der Waals surface area contributed by atoms with Gasteiger partial charge in [0, 0.05) is 12.0 Å². The largest absolute Gasteiger partial charge is 0.391 e. The maximum Gasteiger partial charge on any atom is 0.226 e. The fourth-order valence-electron chi connectivity index (χ4n) is 2.79. The van der Waals surface area contributed by atoms with Gasteiger partial charge in [0.1, 0.15) is 0 Å². The Hall–Kier alpha value is -0.570. The van der Waals surface area contributed by atoms with Gasteiger partial charge in [-0.3, -0.25) is 4.79 Å². The third kappa shape index (κ3) is 3.44. The van der Waals surface area contributed by atoms with Crippen molar-refractivity contribution in [3.8, 4) is 0 Å². The van der Waals surface area contributed by atoms with Crippen LogP contribution in [0, 0.1) is 11.3 Å². The Balaban J connectivity index is 1.80. The molecule has 0 aromatic rings. The van der Waals surface area contributed by atoms with Gasteiger partial charge in [-0.25, -0.2) is 0 Å². The van der Waals surface area contributed by atoms with E-state index in [1.54, 1.807) is 0 Å². The molecule has 0 saturated heterocycles. The van der Waals surface area contributed by atoms with Crippen LogP contribution in [0.4, 0.5) is 0 Å². The van der Waals surface area contributed by atoms with Crippen molar-refractivity contribution in [2.24, 2.45) is 11.3 Å². The van der Waals surface area contributed by atoms with E-state index in [4.69, 9.17) is 0 Å². The Bertz CT molecular complexity index is 265. The molecule has 0 aromatic heterocycles. The summed E-state index contributed by atoms with van der Waals surface area (Å²) in [6.07, 6.45) is 8.75. The number of aliphatic hydroxyl groups excluding tert-OH is 1. The molecule has 0 aromatic carbocycles. The zero-order chi connectivity index (χ0) is 12.3. The van der Waals surface area contributed by atoms with Gasteiger partial charge >= 0.3 is 0 Å². The van der Waals surface area contributed by atoms with Crippen LogP contribution in [0.25, 0.3) is 0 Å². The Morgan fingerprint density at radius 1 is 1.29 bits per heavy atom. The SMILES string of the molecule is CC1(C(=O)NCC(O)C2CC2)CCCCCC1. The van der Waals surface area contributed by atoms with Crippen molar-refractivity contribution in [3.63, 3.8) is 0 Å². The molecule has 2 fully saturated rings. The summed E-state index contributed by atoms with van der Waals surface area (Å²) in [7, 11) is 0. The maximum absolute atomic E-state index is 12.2. The van der Waals surface area contributed by atoms with Crippen LogP contribution in [0.5, 0.6) is 0 Å². The third-order valence-electron chi connectivity index (χ3n) is 4.39. The van der Waals surface area contributed by atoms with Crippen molar-refractivity contribution < 1.29 is 9.90 Å². The summed E-state index contributed by atoms with van der Waals surface area (Å²) in [5, 5.41) is 12.7. The quantitative estimate of drug-likeness (QED) is 0.739. The van der Waals surface area contributed by atoms with Crippen LogP contribution in [0.3, 0.4) is 0 Å². The highest BCUT2D eigenvalue weighted by atomic mass is 16.3. The van der Waals surface area contributed by atoms with Gasteiger partial charge in [-0.1, -0.05) is 32.6 Å². The van der Waals surface area contributed by atoms with Gasteiger partial charge < -0.3 is 10.4 Å². The van der Waals surface area contributed by atoms with Crippen molar-refractivity contribution in [1.29, 1.82) is 0 Å². The molecule has 3 nitrogen and oxygen atoms in total. The number of nitrogens with one attached hydrogen (secondary N) is 1. The first kappa shape index (κ1) is 12.9. The van der Waals surface area contributed by atoms with Crippen LogP contribution < -0.4 is 5.32 Å². The number of hydrogen-bond donors (Lipinski definition) is 2. The zero-order valence-electron chi connectivity index (χ0n) is 10.9. The highest BCUT2D eigenvalue weighted by Gasteiger charge is 2.35. The zero-order valence-corrected chi connectivity index (χ0v) is 10.9. The van der Waals surface area contributed by atoms with Crippen LogP contribution in [0.2, 0.25) is 0 Å². The lowest BCUT2D eigenvalue weighted by atomic mass is 9.81. The molecule has 0 spiro atoms. The van der Waals surface area contributed by atoms with E-state index in [9.17, 15) is 9.90 Å². The predicted molar refractivity (Wildman–Crippen MR) is 67.5 cm³/mol.